The second-order valence-electron chi connectivity index (χ2n) is 5.50. The van der Waals surface area contributed by atoms with E-state index in [4.69, 9.17) is 0 Å². The van der Waals surface area contributed by atoms with Crippen LogP contribution in [0.3, 0.4) is 0 Å². The average molecular weight is 300 g/mol. The van der Waals surface area contributed by atoms with Gasteiger partial charge in [-0.1, -0.05) is 66.7 Å². The first-order chi connectivity index (χ1) is 11.4. The Bertz CT molecular complexity index is 749. The van der Waals surface area contributed by atoms with E-state index < -0.39 is 0 Å². The molecule has 0 saturated heterocycles. The van der Waals surface area contributed by atoms with Gasteiger partial charge < -0.3 is 0 Å². The molecule has 0 N–H and O–H groups in total. The molecule has 0 atom stereocenters. The van der Waals surface area contributed by atoms with Crippen molar-refractivity contribution in [2.45, 2.75) is 19.3 Å². The molecule has 2 heteroatoms. The normalized spacial score (nSPS) is 11.0. The highest BCUT2D eigenvalue weighted by Crippen LogP contribution is 2.23. The van der Waals surface area contributed by atoms with Gasteiger partial charge in [-0.25, -0.2) is 0 Å². The Balaban J connectivity index is 1.65. The minimum absolute atomic E-state index is 0.881. The van der Waals surface area contributed by atoms with Crippen LogP contribution in [0.25, 0.3) is 0 Å². The molecule has 0 radical (unpaired) electrons. The average Bonchev–Trinajstić information content (AvgIpc) is 2.63. The van der Waals surface area contributed by atoms with E-state index in [1.165, 1.54) is 11.1 Å². The van der Waals surface area contributed by atoms with Gasteiger partial charge in [-0.2, -0.15) is 10.2 Å². The van der Waals surface area contributed by atoms with Crippen molar-refractivity contribution in [3.63, 3.8) is 0 Å². The number of hydrogen-bond acceptors (Lipinski definition) is 2. The molecule has 0 aromatic heterocycles. The number of rotatable bonds is 6. The van der Waals surface area contributed by atoms with Gasteiger partial charge in [0, 0.05) is 0 Å². The van der Waals surface area contributed by atoms with Gasteiger partial charge in [0.2, 0.25) is 0 Å². The topological polar surface area (TPSA) is 24.7 Å². The van der Waals surface area contributed by atoms with Gasteiger partial charge in [0.15, 0.2) is 0 Å². The number of aryl methyl sites for hydroxylation is 2. The molecule has 2 nitrogen and oxygen atoms in total. The molecule has 0 amide bonds. The highest BCUT2D eigenvalue weighted by molar-refractivity contribution is 5.46. The lowest BCUT2D eigenvalue weighted by Gasteiger charge is -2.05. The smallest absolute Gasteiger partial charge is 0.0889 e. The summed E-state index contributed by atoms with van der Waals surface area (Å²) in [5.74, 6) is 0. The summed E-state index contributed by atoms with van der Waals surface area (Å²) >= 11 is 0. The molecule has 0 unspecified atom stereocenters. The molecule has 114 valence electrons. The van der Waals surface area contributed by atoms with Crippen LogP contribution in [-0.2, 0) is 12.8 Å². The monoisotopic (exact) mass is 300 g/mol. The van der Waals surface area contributed by atoms with Gasteiger partial charge in [-0.15, -0.1) is 0 Å². The summed E-state index contributed by atoms with van der Waals surface area (Å²) in [7, 11) is 0. The van der Waals surface area contributed by atoms with E-state index in [0.717, 1.165) is 30.6 Å². The fourth-order valence-corrected chi connectivity index (χ4v) is 2.55. The van der Waals surface area contributed by atoms with Crippen LogP contribution in [0.15, 0.2) is 95.2 Å². The number of hydrogen-bond donors (Lipinski definition) is 0. The molecular weight excluding hydrogens is 280 g/mol. The van der Waals surface area contributed by atoms with Crippen molar-refractivity contribution < 1.29 is 0 Å². The minimum atomic E-state index is 0.881. The van der Waals surface area contributed by atoms with Gasteiger partial charge in [0.05, 0.1) is 11.4 Å². The highest BCUT2D eigenvalue weighted by atomic mass is 15.1. The molecule has 23 heavy (non-hydrogen) atoms. The van der Waals surface area contributed by atoms with Crippen molar-refractivity contribution in [3.05, 3.63) is 96.1 Å². The first-order valence-electron chi connectivity index (χ1n) is 8.00. The SMILES string of the molecule is c1ccc(CCCc2ccccc2N=Nc2ccccc2)cc1. The number of benzene rings is 3. The zero-order chi connectivity index (χ0) is 15.7. The van der Waals surface area contributed by atoms with Crippen LogP contribution in [0.4, 0.5) is 11.4 Å². The van der Waals surface area contributed by atoms with E-state index in [1.54, 1.807) is 0 Å². The second-order valence-corrected chi connectivity index (χ2v) is 5.50. The highest BCUT2D eigenvalue weighted by Gasteiger charge is 2.01. The van der Waals surface area contributed by atoms with Gasteiger partial charge in [-0.3, -0.25) is 0 Å². The van der Waals surface area contributed by atoms with Gasteiger partial charge in [0.1, 0.15) is 0 Å². The third kappa shape index (κ3) is 4.62. The first-order valence-corrected chi connectivity index (χ1v) is 8.00. The van der Waals surface area contributed by atoms with E-state index in [1.807, 2.05) is 42.5 Å². The van der Waals surface area contributed by atoms with Crippen molar-refractivity contribution in [1.29, 1.82) is 0 Å². The van der Waals surface area contributed by atoms with Crippen molar-refractivity contribution >= 4 is 11.4 Å². The predicted octanol–water partition coefficient (Wildman–Crippen LogP) is 6.28. The summed E-state index contributed by atoms with van der Waals surface area (Å²) in [4.78, 5) is 0. The molecule has 3 aromatic carbocycles. The molecule has 0 aliphatic carbocycles. The Morgan fingerprint density at radius 1 is 0.565 bits per heavy atom. The molecule has 0 spiro atoms. The summed E-state index contributed by atoms with van der Waals surface area (Å²) < 4.78 is 0. The molecule has 3 aromatic rings. The lowest BCUT2D eigenvalue weighted by molar-refractivity contribution is 0.820. The summed E-state index contributed by atoms with van der Waals surface area (Å²) in [5, 5.41) is 8.76. The zero-order valence-corrected chi connectivity index (χ0v) is 13.1. The maximum absolute atomic E-state index is 4.43. The molecule has 0 aliphatic rings. The van der Waals surface area contributed by atoms with Gasteiger partial charge in [-0.05, 0) is 48.6 Å². The van der Waals surface area contributed by atoms with E-state index in [0.29, 0.717) is 0 Å². The Labute approximate surface area is 137 Å². The second kappa shape index (κ2) is 8.04. The Morgan fingerprint density at radius 2 is 1.22 bits per heavy atom. The molecule has 0 heterocycles. The molecule has 0 fully saturated rings. The maximum Gasteiger partial charge on any atom is 0.0889 e. The number of azo groups is 1. The van der Waals surface area contributed by atoms with Crippen LogP contribution in [0.1, 0.15) is 17.5 Å². The van der Waals surface area contributed by atoms with E-state index in [-0.39, 0.29) is 0 Å². The Hall–Kier alpha value is -2.74. The van der Waals surface area contributed by atoms with Crippen molar-refractivity contribution in [2.75, 3.05) is 0 Å². The van der Waals surface area contributed by atoms with Crippen LogP contribution in [0, 0.1) is 0 Å². The quantitative estimate of drug-likeness (QED) is 0.479. The van der Waals surface area contributed by atoms with Crippen LogP contribution in [0.5, 0.6) is 0 Å². The van der Waals surface area contributed by atoms with Crippen molar-refractivity contribution in [3.8, 4) is 0 Å². The largest absolute Gasteiger partial charge is 0.151 e. The van der Waals surface area contributed by atoms with Crippen LogP contribution < -0.4 is 0 Å². The Kier molecular flexibility index (Phi) is 5.30. The lowest BCUT2D eigenvalue weighted by atomic mass is 10.0. The number of nitrogens with zero attached hydrogens (tertiary/aromatic N) is 2. The Morgan fingerprint density at radius 3 is 2.00 bits per heavy atom. The first kappa shape index (κ1) is 15.2. The predicted molar refractivity (Wildman–Crippen MR) is 95.5 cm³/mol. The van der Waals surface area contributed by atoms with E-state index >= 15 is 0 Å². The van der Waals surface area contributed by atoms with Crippen LogP contribution in [-0.4, -0.2) is 0 Å². The standard InChI is InChI=1S/C21H20N2/c1-3-10-18(11-4-1)12-9-14-19-13-7-8-17-21(19)23-22-20-15-5-2-6-16-20/h1-8,10-11,13,15-17H,9,12,14H2. The fraction of sp³-hybridized carbons (Fsp3) is 0.143. The summed E-state index contributed by atoms with van der Waals surface area (Å²) in [6, 6.07) is 28.7. The third-order valence-corrected chi connectivity index (χ3v) is 3.78. The van der Waals surface area contributed by atoms with Gasteiger partial charge >= 0.3 is 0 Å². The van der Waals surface area contributed by atoms with Gasteiger partial charge in [0.25, 0.3) is 0 Å². The summed E-state index contributed by atoms with van der Waals surface area (Å²) in [5.41, 5.74) is 4.48. The van der Waals surface area contributed by atoms with E-state index in [2.05, 4.69) is 52.7 Å². The summed E-state index contributed by atoms with van der Waals surface area (Å²) in [6.07, 6.45) is 3.21. The molecule has 3 rings (SSSR count). The van der Waals surface area contributed by atoms with E-state index in [9.17, 15) is 0 Å². The fourth-order valence-electron chi connectivity index (χ4n) is 2.55. The van der Waals surface area contributed by atoms with Crippen molar-refractivity contribution in [2.24, 2.45) is 10.2 Å². The maximum atomic E-state index is 4.43. The van der Waals surface area contributed by atoms with Crippen molar-refractivity contribution in [1.82, 2.24) is 0 Å². The zero-order valence-electron chi connectivity index (χ0n) is 13.1. The third-order valence-electron chi connectivity index (χ3n) is 3.78. The molecule has 0 saturated carbocycles. The molecule has 0 bridgehead atoms. The summed E-state index contributed by atoms with van der Waals surface area (Å²) in [6.45, 7) is 0. The molecular formula is C21H20N2. The minimum Gasteiger partial charge on any atom is -0.151 e. The van der Waals surface area contributed by atoms with Crippen LogP contribution >= 0.6 is 0 Å². The lowest BCUT2D eigenvalue weighted by Crippen LogP contribution is -1.90. The van der Waals surface area contributed by atoms with Crippen LogP contribution in [0.2, 0.25) is 0 Å². The molecule has 0 aliphatic heterocycles.